The normalized spacial score (nSPS) is 10.4. The summed E-state index contributed by atoms with van der Waals surface area (Å²) >= 11 is 0. The minimum absolute atomic E-state index is 0.0478. The SMILES string of the molecule is CC(=O)Nc1cccc(NC(=O)c2ccc(=O)n(Cc3ccc(F)cc3)n2)c1. The third-order valence-corrected chi connectivity index (χ3v) is 3.79. The maximum atomic E-state index is 13.0. The summed E-state index contributed by atoms with van der Waals surface area (Å²) in [6.07, 6.45) is 0. The Kier molecular flexibility index (Phi) is 5.59. The number of aromatic nitrogens is 2. The maximum Gasteiger partial charge on any atom is 0.276 e. The predicted octanol–water partition coefficient (Wildman–Crippen LogP) is 2.64. The number of anilines is 2. The number of carbonyl (C=O) groups is 2. The molecule has 3 aromatic rings. The van der Waals surface area contributed by atoms with Crippen molar-refractivity contribution in [3.8, 4) is 0 Å². The summed E-state index contributed by atoms with van der Waals surface area (Å²) in [5.74, 6) is -1.11. The van der Waals surface area contributed by atoms with Crippen molar-refractivity contribution < 1.29 is 14.0 Å². The summed E-state index contributed by atoms with van der Waals surface area (Å²) in [4.78, 5) is 35.7. The Morgan fingerprint density at radius 3 is 2.36 bits per heavy atom. The van der Waals surface area contributed by atoms with Crippen LogP contribution in [0.2, 0.25) is 0 Å². The molecule has 0 atom stereocenters. The minimum atomic E-state index is -0.507. The molecule has 8 heteroatoms. The minimum Gasteiger partial charge on any atom is -0.326 e. The van der Waals surface area contributed by atoms with E-state index in [9.17, 15) is 18.8 Å². The molecule has 0 aliphatic rings. The van der Waals surface area contributed by atoms with E-state index in [-0.39, 0.29) is 29.5 Å². The van der Waals surface area contributed by atoms with Crippen LogP contribution in [0.1, 0.15) is 23.0 Å². The molecule has 1 heterocycles. The summed E-state index contributed by atoms with van der Waals surface area (Å²) in [5, 5.41) is 9.39. The summed E-state index contributed by atoms with van der Waals surface area (Å²) in [7, 11) is 0. The summed E-state index contributed by atoms with van der Waals surface area (Å²) in [6, 6.07) is 14.9. The van der Waals surface area contributed by atoms with Gasteiger partial charge in [0.2, 0.25) is 5.91 Å². The van der Waals surface area contributed by atoms with Crippen molar-refractivity contribution in [2.75, 3.05) is 10.6 Å². The van der Waals surface area contributed by atoms with Gasteiger partial charge in [0.15, 0.2) is 0 Å². The van der Waals surface area contributed by atoms with Crippen LogP contribution in [0.5, 0.6) is 0 Å². The van der Waals surface area contributed by atoms with E-state index < -0.39 is 5.91 Å². The van der Waals surface area contributed by atoms with E-state index in [1.54, 1.807) is 36.4 Å². The Hall–Kier alpha value is -3.81. The molecule has 3 rings (SSSR count). The van der Waals surface area contributed by atoms with Gasteiger partial charge in [0, 0.05) is 24.4 Å². The summed E-state index contributed by atoms with van der Waals surface area (Å²) < 4.78 is 14.2. The van der Waals surface area contributed by atoms with Crippen LogP contribution in [0, 0.1) is 5.82 Å². The second-order valence-electron chi connectivity index (χ2n) is 6.06. The number of benzene rings is 2. The number of hydrogen-bond acceptors (Lipinski definition) is 4. The lowest BCUT2D eigenvalue weighted by Gasteiger charge is -2.09. The molecule has 0 aliphatic heterocycles. The molecule has 0 bridgehead atoms. The van der Waals surface area contributed by atoms with Gasteiger partial charge in [0.25, 0.3) is 11.5 Å². The van der Waals surface area contributed by atoms with E-state index in [1.165, 1.54) is 31.2 Å². The molecule has 0 saturated carbocycles. The van der Waals surface area contributed by atoms with E-state index in [0.29, 0.717) is 16.9 Å². The van der Waals surface area contributed by atoms with Crippen LogP contribution >= 0.6 is 0 Å². The lowest BCUT2D eigenvalue weighted by molar-refractivity contribution is -0.114. The smallest absolute Gasteiger partial charge is 0.276 e. The quantitative estimate of drug-likeness (QED) is 0.712. The van der Waals surface area contributed by atoms with Crippen molar-refractivity contribution in [2.45, 2.75) is 13.5 Å². The van der Waals surface area contributed by atoms with Crippen LogP contribution in [0.15, 0.2) is 65.5 Å². The molecule has 0 spiro atoms. The largest absolute Gasteiger partial charge is 0.326 e. The highest BCUT2D eigenvalue weighted by Crippen LogP contribution is 2.15. The Labute approximate surface area is 159 Å². The first-order chi connectivity index (χ1) is 13.4. The molecular weight excluding hydrogens is 363 g/mol. The van der Waals surface area contributed by atoms with E-state index in [1.807, 2.05) is 0 Å². The number of amides is 2. The molecule has 0 unspecified atom stereocenters. The van der Waals surface area contributed by atoms with Crippen LogP contribution in [0.4, 0.5) is 15.8 Å². The van der Waals surface area contributed by atoms with Gasteiger partial charge in [-0.25, -0.2) is 9.07 Å². The zero-order chi connectivity index (χ0) is 20.1. The van der Waals surface area contributed by atoms with E-state index in [2.05, 4.69) is 15.7 Å². The monoisotopic (exact) mass is 380 g/mol. The highest BCUT2D eigenvalue weighted by molar-refractivity contribution is 6.03. The van der Waals surface area contributed by atoms with Crippen molar-refractivity contribution in [3.05, 3.63) is 88.1 Å². The standard InChI is InChI=1S/C20H17FN4O3/c1-13(26)22-16-3-2-4-17(11-16)23-20(28)18-9-10-19(27)25(24-18)12-14-5-7-15(21)8-6-14/h2-11H,12H2,1H3,(H,22,26)(H,23,28). The number of carbonyl (C=O) groups excluding carboxylic acids is 2. The molecule has 2 aromatic carbocycles. The van der Waals surface area contributed by atoms with E-state index in [4.69, 9.17) is 0 Å². The number of nitrogens with one attached hydrogen (secondary N) is 2. The summed E-state index contributed by atoms with van der Waals surface area (Å²) in [5.41, 5.74) is 1.35. The molecule has 2 N–H and O–H groups in total. The summed E-state index contributed by atoms with van der Waals surface area (Å²) in [6.45, 7) is 1.50. The van der Waals surface area contributed by atoms with Crippen molar-refractivity contribution in [1.29, 1.82) is 0 Å². The molecule has 142 valence electrons. The average molecular weight is 380 g/mol. The molecule has 0 radical (unpaired) electrons. The predicted molar refractivity (Wildman–Crippen MR) is 103 cm³/mol. The maximum absolute atomic E-state index is 13.0. The second kappa shape index (κ2) is 8.26. The van der Waals surface area contributed by atoms with Gasteiger partial charge in [0.05, 0.1) is 6.54 Å². The van der Waals surface area contributed by atoms with Gasteiger partial charge in [0.1, 0.15) is 11.5 Å². The fraction of sp³-hybridized carbons (Fsp3) is 0.100. The Morgan fingerprint density at radius 2 is 1.68 bits per heavy atom. The highest BCUT2D eigenvalue weighted by Gasteiger charge is 2.11. The van der Waals surface area contributed by atoms with Crippen molar-refractivity contribution in [1.82, 2.24) is 9.78 Å². The third-order valence-electron chi connectivity index (χ3n) is 3.79. The molecule has 0 saturated heterocycles. The van der Waals surface area contributed by atoms with Gasteiger partial charge in [-0.3, -0.25) is 14.4 Å². The van der Waals surface area contributed by atoms with Crippen molar-refractivity contribution >= 4 is 23.2 Å². The molecule has 7 nitrogen and oxygen atoms in total. The molecular formula is C20H17FN4O3. The number of nitrogens with zero attached hydrogens (tertiary/aromatic N) is 2. The zero-order valence-corrected chi connectivity index (χ0v) is 15.0. The molecule has 2 amide bonds. The van der Waals surface area contributed by atoms with E-state index in [0.717, 1.165) is 4.68 Å². The van der Waals surface area contributed by atoms with Crippen LogP contribution in [0.25, 0.3) is 0 Å². The van der Waals surface area contributed by atoms with Crippen LogP contribution in [-0.2, 0) is 11.3 Å². The lowest BCUT2D eigenvalue weighted by Crippen LogP contribution is -2.26. The van der Waals surface area contributed by atoms with Gasteiger partial charge >= 0.3 is 0 Å². The number of hydrogen-bond donors (Lipinski definition) is 2. The highest BCUT2D eigenvalue weighted by atomic mass is 19.1. The molecule has 28 heavy (non-hydrogen) atoms. The van der Waals surface area contributed by atoms with Crippen LogP contribution in [0.3, 0.4) is 0 Å². The van der Waals surface area contributed by atoms with Gasteiger partial charge in [-0.1, -0.05) is 18.2 Å². The number of rotatable bonds is 5. The van der Waals surface area contributed by atoms with Crippen molar-refractivity contribution in [3.63, 3.8) is 0 Å². The van der Waals surface area contributed by atoms with Crippen molar-refractivity contribution in [2.24, 2.45) is 0 Å². The topological polar surface area (TPSA) is 93.1 Å². The molecule has 1 aromatic heterocycles. The lowest BCUT2D eigenvalue weighted by atomic mass is 10.2. The van der Waals surface area contributed by atoms with Gasteiger partial charge in [-0.2, -0.15) is 5.10 Å². The zero-order valence-electron chi connectivity index (χ0n) is 15.0. The number of halogens is 1. The van der Waals surface area contributed by atoms with Crippen LogP contribution in [-0.4, -0.2) is 21.6 Å². The molecule has 0 fully saturated rings. The average Bonchev–Trinajstić information content (AvgIpc) is 2.65. The third kappa shape index (κ3) is 4.88. The first-order valence-corrected chi connectivity index (χ1v) is 8.42. The Morgan fingerprint density at radius 1 is 1.00 bits per heavy atom. The van der Waals surface area contributed by atoms with Crippen LogP contribution < -0.4 is 16.2 Å². The fourth-order valence-electron chi connectivity index (χ4n) is 2.52. The van der Waals surface area contributed by atoms with Gasteiger partial charge < -0.3 is 10.6 Å². The fourth-order valence-corrected chi connectivity index (χ4v) is 2.52. The van der Waals surface area contributed by atoms with Gasteiger partial charge in [-0.15, -0.1) is 0 Å². The van der Waals surface area contributed by atoms with E-state index >= 15 is 0 Å². The first kappa shape index (κ1) is 19.0. The van der Waals surface area contributed by atoms with Gasteiger partial charge in [-0.05, 0) is 42.0 Å². The Bertz CT molecular complexity index is 1080. The Balaban J connectivity index is 1.78. The second-order valence-corrected chi connectivity index (χ2v) is 6.06. The molecule has 0 aliphatic carbocycles. The first-order valence-electron chi connectivity index (χ1n) is 8.42.